The summed E-state index contributed by atoms with van der Waals surface area (Å²) >= 11 is 7.34. The summed E-state index contributed by atoms with van der Waals surface area (Å²) < 4.78 is 0. The molecule has 0 aromatic carbocycles. The van der Waals surface area contributed by atoms with Crippen molar-refractivity contribution < 1.29 is 14.4 Å². The Morgan fingerprint density at radius 3 is 2.17 bits per heavy atom. The van der Waals surface area contributed by atoms with Crippen LogP contribution in [0.1, 0.15) is 6.42 Å². The lowest BCUT2D eigenvalue weighted by Gasteiger charge is -2.28. The van der Waals surface area contributed by atoms with E-state index < -0.39 is 0 Å². The Hall–Kier alpha value is -0.460. The first-order chi connectivity index (χ1) is 11.8. The van der Waals surface area contributed by atoms with Crippen LogP contribution in [0.2, 0.25) is 0 Å². The van der Waals surface area contributed by atoms with Crippen LogP contribution in [-0.4, -0.2) is 76.0 Å². The standard InChI is InChI=1S/C14H19N3O3S4/c18-8-15-3-13(4-16-9-19)23-7-14-6-22-12(5-24-14)1-2-21-11-17-10-20/h12-14H,1-7,11H2. The van der Waals surface area contributed by atoms with Gasteiger partial charge in [0.1, 0.15) is 0 Å². The van der Waals surface area contributed by atoms with Gasteiger partial charge in [0.05, 0.1) is 19.0 Å². The molecule has 2 atom stereocenters. The molecule has 0 saturated carbocycles. The maximum atomic E-state index is 10.2. The number of hydrogen-bond acceptors (Lipinski definition) is 10. The molecule has 0 aromatic heterocycles. The minimum absolute atomic E-state index is 0.0333. The monoisotopic (exact) mass is 405 g/mol. The Bertz CT molecular complexity index is 475. The first-order valence-electron chi connectivity index (χ1n) is 7.33. The van der Waals surface area contributed by atoms with Crippen molar-refractivity contribution in [3.63, 3.8) is 0 Å². The van der Waals surface area contributed by atoms with Crippen LogP contribution in [0.3, 0.4) is 0 Å². The number of thioether (sulfide) groups is 4. The van der Waals surface area contributed by atoms with Crippen LogP contribution in [0.4, 0.5) is 0 Å². The van der Waals surface area contributed by atoms with Crippen molar-refractivity contribution in [2.24, 2.45) is 15.0 Å². The fraction of sp³-hybridized carbons (Fsp3) is 0.786. The van der Waals surface area contributed by atoms with E-state index in [0.717, 1.165) is 29.4 Å². The largest absolute Gasteiger partial charge is 0.235 e. The average molecular weight is 406 g/mol. The van der Waals surface area contributed by atoms with Crippen molar-refractivity contribution in [2.45, 2.75) is 22.2 Å². The molecule has 0 aromatic rings. The van der Waals surface area contributed by atoms with E-state index in [1.54, 1.807) is 29.6 Å². The lowest BCUT2D eigenvalue weighted by molar-refractivity contribution is 0.561. The molecule has 1 fully saturated rings. The lowest BCUT2D eigenvalue weighted by atomic mass is 10.4. The number of rotatable bonds is 12. The molecule has 2 unspecified atom stereocenters. The van der Waals surface area contributed by atoms with Crippen molar-refractivity contribution in [2.75, 3.05) is 42.0 Å². The highest BCUT2D eigenvalue weighted by Crippen LogP contribution is 2.34. The highest BCUT2D eigenvalue weighted by molar-refractivity contribution is 8.08. The predicted octanol–water partition coefficient (Wildman–Crippen LogP) is 2.39. The first-order valence-corrected chi connectivity index (χ1v) is 11.6. The van der Waals surface area contributed by atoms with E-state index in [1.807, 2.05) is 23.5 Å². The van der Waals surface area contributed by atoms with E-state index >= 15 is 0 Å². The maximum Gasteiger partial charge on any atom is 0.235 e. The molecular weight excluding hydrogens is 386 g/mol. The van der Waals surface area contributed by atoms with Crippen molar-refractivity contribution in [3.05, 3.63) is 0 Å². The summed E-state index contributed by atoms with van der Waals surface area (Å²) in [5.74, 6) is 4.69. The van der Waals surface area contributed by atoms with E-state index in [4.69, 9.17) is 0 Å². The summed E-state index contributed by atoms with van der Waals surface area (Å²) in [4.78, 5) is 41.1. The van der Waals surface area contributed by atoms with Gasteiger partial charge < -0.3 is 0 Å². The molecule has 1 aliphatic heterocycles. The summed E-state index contributed by atoms with van der Waals surface area (Å²) in [7, 11) is 0. The van der Waals surface area contributed by atoms with Gasteiger partial charge in [-0.25, -0.2) is 24.4 Å². The summed E-state index contributed by atoms with van der Waals surface area (Å²) in [6.07, 6.45) is 5.74. The second-order valence-electron chi connectivity index (χ2n) is 4.81. The smallest absolute Gasteiger partial charge is 0.211 e. The molecule has 1 aliphatic rings. The van der Waals surface area contributed by atoms with Gasteiger partial charge in [0.2, 0.25) is 18.2 Å². The van der Waals surface area contributed by atoms with Gasteiger partial charge in [0.25, 0.3) is 0 Å². The Morgan fingerprint density at radius 1 is 0.958 bits per heavy atom. The van der Waals surface area contributed by atoms with Gasteiger partial charge >= 0.3 is 0 Å². The van der Waals surface area contributed by atoms with Gasteiger partial charge in [0, 0.05) is 33.0 Å². The molecule has 1 rings (SSSR count). The molecule has 132 valence electrons. The van der Waals surface area contributed by atoms with Gasteiger partial charge in [-0.1, -0.05) is 0 Å². The topological polar surface area (TPSA) is 88.3 Å². The highest BCUT2D eigenvalue weighted by Gasteiger charge is 2.23. The highest BCUT2D eigenvalue weighted by atomic mass is 32.2. The van der Waals surface area contributed by atoms with Gasteiger partial charge in [-0.05, 0) is 12.2 Å². The fourth-order valence-corrected chi connectivity index (χ4v) is 7.27. The lowest BCUT2D eigenvalue weighted by Crippen LogP contribution is -2.25. The van der Waals surface area contributed by atoms with Gasteiger partial charge in [0.15, 0.2) is 0 Å². The van der Waals surface area contributed by atoms with Crippen molar-refractivity contribution in [1.82, 2.24) is 0 Å². The van der Waals surface area contributed by atoms with Crippen molar-refractivity contribution in [3.8, 4) is 0 Å². The molecule has 0 spiro atoms. The van der Waals surface area contributed by atoms with Gasteiger partial charge in [-0.15, -0.1) is 11.8 Å². The van der Waals surface area contributed by atoms with Crippen LogP contribution in [-0.2, 0) is 14.4 Å². The minimum atomic E-state index is 0.0333. The number of carbonyl (C=O) groups excluding carboxylic acids is 3. The van der Waals surface area contributed by atoms with Gasteiger partial charge in [-0.2, -0.15) is 40.3 Å². The minimum Gasteiger partial charge on any atom is -0.211 e. The van der Waals surface area contributed by atoms with Crippen LogP contribution in [0.25, 0.3) is 0 Å². The summed E-state index contributed by atoms with van der Waals surface area (Å²) in [6.45, 7) is 0.681. The van der Waals surface area contributed by atoms with Crippen LogP contribution in [0.15, 0.2) is 15.0 Å². The third kappa shape index (κ3) is 10.4. The van der Waals surface area contributed by atoms with E-state index in [2.05, 4.69) is 15.0 Å². The Kier molecular flexibility index (Phi) is 13.4. The van der Waals surface area contributed by atoms with Crippen LogP contribution >= 0.6 is 47.0 Å². The molecule has 1 heterocycles. The number of aliphatic imine (C=N–C) groups is 3. The second kappa shape index (κ2) is 14.8. The maximum absolute atomic E-state index is 10.2. The Morgan fingerprint density at radius 2 is 1.58 bits per heavy atom. The zero-order valence-electron chi connectivity index (χ0n) is 13.1. The number of nitrogens with zero attached hydrogens (tertiary/aromatic N) is 3. The Labute approximate surface area is 158 Å². The molecule has 6 nitrogen and oxygen atoms in total. The average Bonchev–Trinajstić information content (AvgIpc) is 2.62. The molecular formula is C14H19N3O3S4. The predicted molar refractivity (Wildman–Crippen MR) is 105 cm³/mol. The van der Waals surface area contributed by atoms with Crippen molar-refractivity contribution in [1.29, 1.82) is 0 Å². The molecule has 0 aliphatic carbocycles. The van der Waals surface area contributed by atoms with Crippen molar-refractivity contribution >= 4 is 65.3 Å². The van der Waals surface area contributed by atoms with E-state index in [1.165, 1.54) is 12.2 Å². The first kappa shape index (κ1) is 21.6. The zero-order chi connectivity index (χ0) is 17.5. The van der Waals surface area contributed by atoms with Crippen LogP contribution in [0.5, 0.6) is 0 Å². The van der Waals surface area contributed by atoms with E-state index in [0.29, 0.717) is 29.5 Å². The fourth-order valence-electron chi connectivity index (χ4n) is 1.88. The zero-order valence-corrected chi connectivity index (χ0v) is 16.4. The quantitative estimate of drug-likeness (QED) is 0.280. The molecule has 10 heteroatoms. The molecule has 0 amide bonds. The number of hydrogen-bond donors (Lipinski definition) is 0. The third-order valence-corrected chi connectivity index (χ3v) is 8.78. The Balaban J connectivity index is 2.20. The summed E-state index contributed by atoms with van der Waals surface area (Å²) in [6, 6.07) is 0. The third-order valence-electron chi connectivity index (χ3n) is 3.08. The number of isocyanates is 3. The van der Waals surface area contributed by atoms with Crippen LogP contribution < -0.4 is 0 Å². The molecule has 0 bridgehead atoms. The SMILES string of the molecule is O=C=NCSCCC1CSC(CSC(CN=C=O)CN=C=O)CS1. The molecule has 0 radical (unpaired) electrons. The summed E-state index contributed by atoms with van der Waals surface area (Å²) in [5.41, 5.74) is 0. The molecule has 0 N–H and O–H groups in total. The summed E-state index contributed by atoms with van der Waals surface area (Å²) in [5, 5.41) is 1.25. The van der Waals surface area contributed by atoms with Gasteiger partial charge in [-0.3, -0.25) is 0 Å². The normalized spacial score (nSPS) is 21.0. The van der Waals surface area contributed by atoms with E-state index in [-0.39, 0.29) is 5.25 Å². The molecule has 1 saturated heterocycles. The molecule has 24 heavy (non-hydrogen) atoms. The second-order valence-corrected chi connectivity index (χ2v) is 9.88. The van der Waals surface area contributed by atoms with E-state index in [9.17, 15) is 14.4 Å². The van der Waals surface area contributed by atoms with Crippen LogP contribution in [0, 0.1) is 0 Å².